The van der Waals surface area contributed by atoms with Gasteiger partial charge in [-0.25, -0.2) is 4.79 Å². The van der Waals surface area contributed by atoms with Gasteiger partial charge in [-0.15, -0.1) is 0 Å². The first kappa shape index (κ1) is 22.8. The highest BCUT2D eigenvalue weighted by Crippen LogP contribution is 2.45. The Bertz CT molecular complexity index is 1020. The van der Waals surface area contributed by atoms with Crippen LogP contribution in [0.5, 0.6) is 0 Å². The van der Waals surface area contributed by atoms with Crippen LogP contribution >= 0.6 is 0 Å². The Hall–Kier alpha value is -2.67. The Kier molecular flexibility index (Phi) is 6.13. The van der Waals surface area contributed by atoms with E-state index in [0.717, 1.165) is 31.5 Å². The maximum Gasteiger partial charge on any atom is 0.325 e. The fourth-order valence-corrected chi connectivity index (χ4v) is 7.35. The summed E-state index contributed by atoms with van der Waals surface area (Å²) in [5, 5.41) is 2.80. The quantitative estimate of drug-likeness (QED) is 0.523. The molecular weight excluding hydrogens is 440 g/mol. The van der Waals surface area contributed by atoms with Crippen molar-refractivity contribution in [3.63, 3.8) is 0 Å². The number of nitrogens with zero attached hydrogens (tertiary/aromatic N) is 3. The zero-order valence-electron chi connectivity index (χ0n) is 20.4. The second-order valence-electron chi connectivity index (χ2n) is 11.0. The average molecular weight is 477 g/mol. The van der Waals surface area contributed by atoms with Gasteiger partial charge in [-0.05, 0) is 62.5 Å². The molecule has 4 heterocycles. The van der Waals surface area contributed by atoms with Gasteiger partial charge in [0.15, 0.2) is 0 Å². The first-order chi connectivity index (χ1) is 17.1. The van der Waals surface area contributed by atoms with Crippen molar-refractivity contribution < 1.29 is 14.4 Å². The second kappa shape index (κ2) is 9.41. The highest BCUT2D eigenvalue weighted by Gasteiger charge is 2.47. The number of carbonyl (C=O) groups excluding carboxylic acids is 3. The van der Waals surface area contributed by atoms with Gasteiger partial charge in [-0.3, -0.25) is 19.4 Å². The average Bonchev–Trinajstić information content (AvgIpc) is 3.15. The number of imide groups is 1. The van der Waals surface area contributed by atoms with Gasteiger partial charge < -0.3 is 10.2 Å². The van der Waals surface area contributed by atoms with E-state index in [1.54, 1.807) is 0 Å². The summed E-state index contributed by atoms with van der Waals surface area (Å²) in [7, 11) is 0. The number of rotatable bonds is 5. The number of benzene rings is 1. The number of urea groups is 1. The third kappa shape index (κ3) is 4.28. The van der Waals surface area contributed by atoms with Crippen LogP contribution in [-0.4, -0.2) is 70.3 Å². The molecule has 1 aromatic rings. The molecule has 4 saturated heterocycles. The van der Waals surface area contributed by atoms with Gasteiger partial charge in [-0.2, -0.15) is 0 Å². The van der Waals surface area contributed by atoms with Gasteiger partial charge in [0.05, 0.1) is 12.6 Å². The van der Waals surface area contributed by atoms with Gasteiger partial charge in [0.1, 0.15) is 6.04 Å². The van der Waals surface area contributed by atoms with Gasteiger partial charge in [0.25, 0.3) is 5.91 Å². The number of carbonyl (C=O) groups is 3. The van der Waals surface area contributed by atoms with Gasteiger partial charge in [0, 0.05) is 25.6 Å². The summed E-state index contributed by atoms with van der Waals surface area (Å²) >= 11 is 0. The van der Waals surface area contributed by atoms with E-state index in [4.69, 9.17) is 0 Å². The minimum absolute atomic E-state index is 0.128. The van der Waals surface area contributed by atoms with E-state index < -0.39 is 6.04 Å². The molecule has 2 bridgehead atoms. The van der Waals surface area contributed by atoms with Crippen LogP contribution in [0.15, 0.2) is 42.0 Å². The Balaban J connectivity index is 1.10. The molecule has 3 unspecified atom stereocenters. The highest BCUT2D eigenvalue weighted by molar-refractivity contribution is 6.04. The van der Waals surface area contributed by atoms with E-state index in [2.05, 4.69) is 21.2 Å². The van der Waals surface area contributed by atoms with Crippen LogP contribution in [0.4, 0.5) is 4.79 Å². The number of nitrogens with one attached hydrogen (secondary N) is 1. The van der Waals surface area contributed by atoms with Crippen molar-refractivity contribution in [2.45, 2.75) is 76.0 Å². The SMILES string of the molecule is O=C1NC(CCC(=O)N2CCCC3=C[C@H]4C[C@@H](CN5CCCCC45)C32)C(=O)N1Cc1ccccc1. The highest BCUT2D eigenvalue weighted by atomic mass is 16.2. The van der Waals surface area contributed by atoms with E-state index in [9.17, 15) is 14.4 Å². The van der Waals surface area contributed by atoms with Crippen LogP contribution in [0.2, 0.25) is 0 Å². The fraction of sp³-hybridized carbons (Fsp3) is 0.607. The Morgan fingerprint density at radius 3 is 2.77 bits per heavy atom. The van der Waals surface area contributed by atoms with Crippen LogP contribution in [0.1, 0.15) is 56.9 Å². The lowest BCUT2D eigenvalue weighted by Crippen LogP contribution is -2.60. The summed E-state index contributed by atoms with van der Waals surface area (Å²) in [6.07, 6.45) is 10.5. The summed E-state index contributed by atoms with van der Waals surface area (Å²) in [5.74, 6) is 1.07. The van der Waals surface area contributed by atoms with E-state index in [1.807, 2.05) is 30.3 Å². The topological polar surface area (TPSA) is 73.0 Å². The molecule has 0 spiro atoms. The van der Waals surface area contributed by atoms with Gasteiger partial charge in [0.2, 0.25) is 5.91 Å². The van der Waals surface area contributed by atoms with Crippen LogP contribution in [0.3, 0.4) is 0 Å². The molecule has 5 aliphatic rings. The van der Waals surface area contributed by atoms with Crippen molar-refractivity contribution in [1.29, 1.82) is 0 Å². The van der Waals surface area contributed by atoms with E-state index in [1.165, 1.54) is 42.7 Å². The van der Waals surface area contributed by atoms with Crippen LogP contribution in [0.25, 0.3) is 0 Å². The molecule has 1 N–H and O–H groups in total. The van der Waals surface area contributed by atoms with Crippen molar-refractivity contribution in [1.82, 2.24) is 20.0 Å². The number of hydrogen-bond acceptors (Lipinski definition) is 4. The van der Waals surface area contributed by atoms with Crippen molar-refractivity contribution in [2.24, 2.45) is 11.8 Å². The minimum atomic E-state index is -0.616. The predicted octanol–water partition coefficient (Wildman–Crippen LogP) is 3.31. The van der Waals surface area contributed by atoms with Gasteiger partial charge >= 0.3 is 6.03 Å². The van der Waals surface area contributed by atoms with Crippen molar-refractivity contribution in [3.05, 3.63) is 47.5 Å². The molecule has 7 nitrogen and oxygen atoms in total. The number of fused-ring (bicyclic) bond motifs is 6. The molecule has 1 aromatic carbocycles. The third-order valence-electron chi connectivity index (χ3n) is 8.91. The van der Waals surface area contributed by atoms with Crippen LogP contribution in [0, 0.1) is 11.8 Å². The zero-order chi connectivity index (χ0) is 23.9. The molecule has 7 heteroatoms. The first-order valence-corrected chi connectivity index (χ1v) is 13.5. The normalized spacial score (nSPS) is 32.6. The third-order valence-corrected chi connectivity index (χ3v) is 8.91. The molecule has 4 fully saturated rings. The monoisotopic (exact) mass is 476 g/mol. The van der Waals surface area contributed by atoms with Crippen molar-refractivity contribution in [3.8, 4) is 0 Å². The Morgan fingerprint density at radius 1 is 1.06 bits per heavy atom. The summed E-state index contributed by atoms with van der Waals surface area (Å²) in [6, 6.07) is 9.47. The smallest absolute Gasteiger partial charge is 0.325 e. The lowest BCUT2D eigenvalue weighted by Gasteiger charge is -2.54. The van der Waals surface area contributed by atoms with E-state index in [0.29, 0.717) is 30.7 Å². The van der Waals surface area contributed by atoms with Crippen molar-refractivity contribution in [2.75, 3.05) is 19.6 Å². The number of likely N-dealkylation sites (tertiary alicyclic amines) is 1. The fourth-order valence-electron chi connectivity index (χ4n) is 7.35. The maximum absolute atomic E-state index is 13.5. The number of amides is 4. The lowest BCUT2D eigenvalue weighted by atomic mass is 9.68. The molecule has 6 rings (SSSR count). The second-order valence-corrected chi connectivity index (χ2v) is 11.0. The first-order valence-electron chi connectivity index (χ1n) is 13.5. The molecule has 0 aromatic heterocycles. The molecule has 0 radical (unpaired) electrons. The molecular formula is C28H36N4O3. The van der Waals surface area contributed by atoms with Crippen molar-refractivity contribution >= 4 is 17.8 Å². The van der Waals surface area contributed by atoms with E-state index in [-0.39, 0.29) is 30.4 Å². The summed E-state index contributed by atoms with van der Waals surface area (Å²) < 4.78 is 0. The molecule has 4 amide bonds. The van der Waals surface area contributed by atoms with Crippen LogP contribution < -0.4 is 5.32 Å². The molecule has 4 aliphatic heterocycles. The largest absolute Gasteiger partial charge is 0.336 e. The zero-order valence-corrected chi connectivity index (χ0v) is 20.4. The number of hydrogen-bond donors (Lipinski definition) is 1. The molecule has 35 heavy (non-hydrogen) atoms. The maximum atomic E-state index is 13.5. The molecule has 5 atom stereocenters. The summed E-state index contributed by atoms with van der Waals surface area (Å²) in [6.45, 7) is 3.37. The lowest BCUT2D eigenvalue weighted by molar-refractivity contribution is -0.136. The Morgan fingerprint density at radius 2 is 1.91 bits per heavy atom. The summed E-state index contributed by atoms with van der Waals surface area (Å²) in [4.78, 5) is 44.9. The molecule has 186 valence electrons. The number of piperidine rings is 3. The molecule has 0 saturated carbocycles. The van der Waals surface area contributed by atoms with Gasteiger partial charge in [-0.1, -0.05) is 48.4 Å². The predicted molar refractivity (Wildman–Crippen MR) is 132 cm³/mol. The Labute approximate surface area is 207 Å². The standard InChI is InChI=1S/C28H36N4O3/c33-25(12-11-23-27(34)32(28(35)29-23)17-19-7-2-1-3-8-19)31-14-6-9-20-15-21-16-22(26(20)31)18-30-13-5-4-10-24(21)30/h1-3,7-8,15,21-24,26H,4-6,9-14,16-18H2,(H,29,35)/t21-,22-,23?,24?,26?/m0/s1. The van der Waals surface area contributed by atoms with Crippen LogP contribution in [-0.2, 0) is 16.1 Å². The van der Waals surface area contributed by atoms with E-state index >= 15 is 0 Å². The minimum Gasteiger partial charge on any atom is -0.336 e. The summed E-state index contributed by atoms with van der Waals surface area (Å²) in [5.41, 5.74) is 2.40. The molecule has 1 aliphatic carbocycles.